The van der Waals surface area contributed by atoms with Crippen LogP contribution in [0.1, 0.15) is 18.4 Å². The Labute approximate surface area is 104 Å². The van der Waals surface area contributed by atoms with Crippen molar-refractivity contribution >= 4 is 6.09 Å². The molecule has 18 heavy (non-hydrogen) atoms. The van der Waals surface area contributed by atoms with E-state index in [-0.39, 0.29) is 5.92 Å². The van der Waals surface area contributed by atoms with E-state index in [0.717, 1.165) is 18.9 Å². The highest BCUT2D eigenvalue weighted by Gasteiger charge is 2.23. The van der Waals surface area contributed by atoms with Gasteiger partial charge in [0.15, 0.2) is 0 Å². The summed E-state index contributed by atoms with van der Waals surface area (Å²) in [6, 6.07) is 3.61. The van der Waals surface area contributed by atoms with Crippen LogP contribution in [0.5, 0.6) is 0 Å². The molecule has 1 fully saturated rings. The number of likely N-dealkylation sites (tertiary alicyclic amines) is 1. The first-order valence-corrected chi connectivity index (χ1v) is 5.98. The number of rotatable bonds is 2. The zero-order chi connectivity index (χ0) is 13.1. The molecule has 1 heterocycles. The molecule has 1 aromatic carbocycles. The second-order valence-electron chi connectivity index (χ2n) is 4.65. The van der Waals surface area contributed by atoms with Crippen LogP contribution in [0.2, 0.25) is 0 Å². The summed E-state index contributed by atoms with van der Waals surface area (Å²) in [5, 5.41) is 8.81. The number of nitrogens with zero attached hydrogens (tertiary/aromatic N) is 1. The lowest BCUT2D eigenvalue weighted by molar-refractivity contribution is 0.124. The molecule has 0 aliphatic carbocycles. The maximum atomic E-state index is 13.5. The molecule has 2 rings (SSSR count). The van der Waals surface area contributed by atoms with Crippen LogP contribution in [0, 0.1) is 17.6 Å². The first-order chi connectivity index (χ1) is 8.56. The van der Waals surface area contributed by atoms with Crippen LogP contribution in [0.4, 0.5) is 13.6 Å². The number of amides is 1. The Hall–Kier alpha value is -1.65. The number of carbonyl (C=O) groups is 1. The number of halogens is 2. The van der Waals surface area contributed by atoms with E-state index in [0.29, 0.717) is 25.1 Å². The maximum absolute atomic E-state index is 13.5. The van der Waals surface area contributed by atoms with Crippen molar-refractivity contribution in [2.24, 2.45) is 5.92 Å². The molecule has 1 aliphatic rings. The molecule has 0 aromatic heterocycles. The van der Waals surface area contributed by atoms with E-state index >= 15 is 0 Å². The summed E-state index contributed by atoms with van der Waals surface area (Å²) in [6.07, 6.45) is 1.09. The van der Waals surface area contributed by atoms with Crippen LogP contribution in [-0.2, 0) is 6.42 Å². The van der Waals surface area contributed by atoms with Crippen molar-refractivity contribution in [3.8, 4) is 0 Å². The number of carboxylic acid groups (broad SMARTS) is 1. The first-order valence-electron chi connectivity index (χ1n) is 5.98. The molecule has 0 atom stereocenters. The molecule has 0 radical (unpaired) electrons. The van der Waals surface area contributed by atoms with Gasteiger partial charge >= 0.3 is 6.09 Å². The molecule has 98 valence electrons. The zero-order valence-electron chi connectivity index (χ0n) is 9.90. The van der Waals surface area contributed by atoms with Gasteiger partial charge in [-0.3, -0.25) is 0 Å². The average Bonchev–Trinajstić information content (AvgIpc) is 2.33. The van der Waals surface area contributed by atoms with E-state index in [4.69, 9.17) is 5.11 Å². The van der Waals surface area contributed by atoms with Gasteiger partial charge in [-0.1, -0.05) is 6.07 Å². The predicted octanol–water partition coefficient (Wildman–Crippen LogP) is 2.90. The van der Waals surface area contributed by atoms with Gasteiger partial charge in [-0.2, -0.15) is 0 Å². The Balaban J connectivity index is 1.93. The molecule has 0 spiro atoms. The molecule has 1 N–H and O–H groups in total. The summed E-state index contributed by atoms with van der Waals surface area (Å²) >= 11 is 0. The highest BCUT2D eigenvalue weighted by atomic mass is 19.1. The predicted molar refractivity (Wildman–Crippen MR) is 62.4 cm³/mol. The maximum Gasteiger partial charge on any atom is 0.407 e. The minimum atomic E-state index is -0.901. The summed E-state index contributed by atoms with van der Waals surface area (Å²) in [5.41, 5.74) is 0.505. The number of hydrogen-bond acceptors (Lipinski definition) is 1. The molecule has 1 aliphatic heterocycles. The van der Waals surface area contributed by atoms with Gasteiger partial charge in [0.2, 0.25) is 0 Å². The Morgan fingerprint density at radius 2 is 2.00 bits per heavy atom. The fraction of sp³-hybridized carbons (Fsp3) is 0.462. The molecule has 0 saturated carbocycles. The largest absolute Gasteiger partial charge is 0.465 e. The second-order valence-corrected chi connectivity index (χ2v) is 4.65. The Morgan fingerprint density at radius 1 is 1.33 bits per heavy atom. The van der Waals surface area contributed by atoms with Gasteiger partial charge in [0.1, 0.15) is 11.6 Å². The third-order valence-corrected chi connectivity index (χ3v) is 3.41. The molecule has 3 nitrogen and oxygen atoms in total. The number of piperidine rings is 1. The van der Waals surface area contributed by atoms with Crippen molar-refractivity contribution in [3.63, 3.8) is 0 Å². The average molecular weight is 255 g/mol. The molecule has 0 bridgehead atoms. The van der Waals surface area contributed by atoms with Crippen molar-refractivity contribution < 1.29 is 18.7 Å². The van der Waals surface area contributed by atoms with Crippen molar-refractivity contribution in [1.82, 2.24) is 4.90 Å². The van der Waals surface area contributed by atoms with Crippen LogP contribution < -0.4 is 0 Å². The smallest absolute Gasteiger partial charge is 0.407 e. The van der Waals surface area contributed by atoms with Crippen molar-refractivity contribution in [2.75, 3.05) is 13.1 Å². The van der Waals surface area contributed by atoms with Gasteiger partial charge in [-0.15, -0.1) is 0 Å². The van der Waals surface area contributed by atoms with E-state index in [1.807, 2.05) is 0 Å². The first kappa shape index (κ1) is 12.8. The van der Waals surface area contributed by atoms with Crippen LogP contribution in [0.15, 0.2) is 18.2 Å². The van der Waals surface area contributed by atoms with Crippen LogP contribution in [-0.4, -0.2) is 29.2 Å². The van der Waals surface area contributed by atoms with Crippen LogP contribution in [0.25, 0.3) is 0 Å². The minimum Gasteiger partial charge on any atom is -0.465 e. The topological polar surface area (TPSA) is 40.5 Å². The SMILES string of the molecule is O=C(O)N1CCC(Cc2ccc(F)cc2F)CC1. The Morgan fingerprint density at radius 3 is 2.56 bits per heavy atom. The number of benzene rings is 1. The van der Waals surface area contributed by atoms with Crippen molar-refractivity contribution in [3.05, 3.63) is 35.4 Å². The quantitative estimate of drug-likeness (QED) is 0.882. The monoisotopic (exact) mass is 255 g/mol. The normalized spacial score (nSPS) is 16.9. The summed E-state index contributed by atoms with van der Waals surface area (Å²) < 4.78 is 26.2. The third-order valence-electron chi connectivity index (χ3n) is 3.41. The lowest BCUT2D eigenvalue weighted by Gasteiger charge is -2.30. The highest BCUT2D eigenvalue weighted by molar-refractivity contribution is 5.64. The standard InChI is InChI=1S/C13H15F2NO2/c14-11-2-1-10(12(15)8-11)7-9-3-5-16(6-4-9)13(17)18/h1-2,8-9H,3-7H2,(H,17,18). The summed E-state index contributed by atoms with van der Waals surface area (Å²) in [6.45, 7) is 0.978. The van der Waals surface area contributed by atoms with Crippen LogP contribution >= 0.6 is 0 Å². The second kappa shape index (κ2) is 5.33. The number of hydrogen-bond donors (Lipinski definition) is 1. The zero-order valence-corrected chi connectivity index (χ0v) is 9.90. The van der Waals surface area contributed by atoms with E-state index in [2.05, 4.69) is 0 Å². The van der Waals surface area contributed by atoms with Gasteiger partial charge in [0, 0.05) is 19.2 Å². The Kier molecular flexibility index (Phi) is 3.79. The fourth-order valence-electron chi connectivity index (χ4n) is 2.33. The van der Waals surface area contributed by atoms with Gasteiger partial charge in [0.25, 0.3) is 0 Å². The lowest BCUT2D eigenvalue weighted by atomic mass is 9.90. The lowest BCUT2D eigenvalue weighted by Crippen LogP contribution is -2.37. The molecule has 5 heteroatoms. The highest BCUT2D eigenvalue weighted by Crippen LogP contribution is 2.23. The van der Waals surface area contributed by atoms with E-state index in [1.165, 1.54) is 17.0 Å². The van der Waals surface area contributed by atoms with Gasteiger partial charge in [0.05, 0.1) is 0 Å². The Bertz CT molecular complexity index is 443. The van der Waals surface area contributed by atoms with Crippen LogP contribution in [0.3, 0.4) is 0 Å². The molecular formula is C13H15F2NO2. The van der Waals surface area contributed by atoms with E-state index in [9.17, 15) is 13.6 Å². The van der Waals surface area contributed by atoms with Gasteiger partial charge in [-0.05, 0) is 36.8 Å². The summed E-state index contributed by atoms with van der Waals surface area (Å²) in [5.74, 6) is -0.826. The molecule has 0 unspecified atom stereocenters. The molecule has 1 saturated heterocycles. The van der Waals surface area contributed by atoms with Gasteiger partial charge < -0.3 is 10.0 Å². The van der Waals surface area contributed by atoms with Crippen molar-refractivity contribution in [1.29, 1.82) is 0 Å². The minimum absolute atomic E-state index is 0.264. The van der Waals surface area contributed by atoms with Gasteiger partial charge in [-0.25, -0.2) is 13.6 Å². The van der Waals surface area contributed by atoms with E-state index < -0.39 is 17.7 Å². The van der Waals surface area contributed by atoms with E-state index in [1.54, 1.807) is 0 Å². The molecule has 1 aromatic rings. The summed E-state index contributed by atoms with van der Waals surface area (Å²) in [7, 11) is 0. The fourth-order valence-corrected chi connectivity index (χ4v) is 2.33. The molecular weight excluding hydrogens is 240 g/mol. The summed E-state index contributed by atoms with van der Waals surface area (Å²) in [4.78, 5) is 12.1. The van der Waals surface area contributed by atoms with Crippen molar-refractivity contribution in [2.45, 2.75) is 19.3 Å². The third kappa shape index (κ3) is 2.97. The molecule has 1 amide bonds.